The van der Waals surface area contributed by atoms with Crippen LogP contribution in [0, 0.1) is 0 Å². The molecule has 3 aromatic rings. The van der Waals surface area contributed by atoms with Gasteiger partial charge in [0, 0.05) is 5.39 Å². The fraction of sp³-hybridized carbons (Fsp3) is 0.111. The van der Waals surface area contributed by atoms with Crippen molar-refractivity contribution in [3.05, 3.63) is 68.6 Å². The Morgan fingerprint density at radius 1 is 1.11 bits per heavy atom. The molecule has 0 spiro atoms. The average Bonchev–Trinajstić information content (AvgIpc) is 2.65. The summed E-state index contributed by atoms with van der Waals surface area (Å²) in [6.07, 6.45) is -1.14. The number of anilines is 1. The molecule has 1 aromatic heterocycles. The van der Waals surface area contributed by atoms with Gasteiger partial charge in [0.15, 0.2) is 11.8 Å². The van der Waals surface area contributed by atoms with Gasteiger partial charge in [-0.2, -0.15) is 5.10 Å². The molecule has 27 heavy (non-hydrogen) atoms. The molecule has 0 aliphatic carbocycles. The van der Waals surface area contributed by atoms with E-state index in [2.05, 4.69) is 15.5 Å². The van der Waals surface area contributed by atoms with Gasteiger partial charge in [-0.1, -0.05) is 47.5 Å². The van der Waals surface area contributed by atoms with Crippen LogP contribution >= 0.6 is 23.2 Å². The van der Waals surface area contributed by atoms with Crippen molar-refractivity contribution in [1.82, 2.24) is 10.2 Å². The van der Waals surface area contributed by atoms with Crippen molar-refractivity contribution < 1.29 is 14.3 Å². The molecule has 0 aliphatic rings. The van der Waals surface area contributed by atoms with Crippen LogP contribution in [-0.2, 0) is 9.53 Å². The smallest absolute Gasteiger partial charge is 0.360 e. The summed E-state index contributed by atoms with van der Waals surface area (Å²) in [6.45, 7) is 1.40. The second-order valence-corrected chi connectivity index (χ2v) is 6.37. The number of rotatable bonds is 4. The molecule has 3 rings (SSSR count). The molecule has 2 aromatic carbocycles. The average molecular weight is 406 g/mol. The van der Waals surface area contributed by atoms with Crippen LogP contribution in [-0.4, -0.2) is 28.2 Å². The molecule has 2 N–H and O–H groups in total. The topological polar surface area (TPSA) is 101 Å². The first kappa shape index (κ1) is 18.9. The zero-order valence-electron chi connectivity index (χ0n) is 14.0. The number of hydrogen-bond donors (Lipinski definition) is 2. The Morgan fingerprint density at radius 3 is 2.56 bits per heavy atom. The van der Waals surface area contributed by atoms with E-state index in [1.54, 1.807) is 42.5 Å². The number of aromatic nitrogens is 2. The van der Waals surface area contributed by atoms with Crippen molar-refractivity contribution in [1.29, 1.82) is 0 Å². The molecule has 1 amide bonds. The first-order valence-electron chi connectivity index (χ1n) is 7.81. The minimum atomic E-state index is -1.14. The molecule has 0 unspecified atom stereocenters. The third kappa shape index (κ3) is 3.94. The summed E-state index contributed by atoms with van der Waals surface area (Å²) in [5, 5.41) is 9.61. The van der Waals surface area contributed by atoms with Crippen LogP contribution in [0.1, 0.15) is 17.4 Å². The summed E-state index contributed by atoms with van der Waals surface area (Å²) in [4.78, 5) is 36.5. The monoisotopic (exact) mass is 405 g/mol. The van der Waals surface area contributed by atoms with Crippen LogP contribution in [0.5, 0.6) is 0 Å². The van der Waals surface area contributed by atoms with Crippen molar-refractivity contribution >= 4 is 51.5 Å². The number of ether oxygens (including phenoxy) is 1. The van der Waals surface area contributed by atoms with Crippen LogP contribution in [0.4, 0.5) is 5.69 Å². The van der Waals surface area contributed by atoms with Gasteiger partial charge in [-0.05, 0) is 25.1 Å². The number of halogens is 2. The first-order valence-corrected chi connectivity index (χ1v) is 8.57. The maximum absolute atomic E-state index is 12.4. The molecule has 7 nitrogen and oxygen atoms in total. The third-order valence-electron chi connectivity index (χ3n) is 3.75. The molecule has 0 saturated carbocycles. The van der Waals surface area contributed by atoms with Crippen molar-refractivity contribution in [2.45, 2.75) is 13.0 Å². The fourth-order valence-corrected chi connectivity index (χ4v) is 2.72. The maximum Gasteiger partial charge on any atom is 0.360 e. The van der Waals surface area contributed by atoms with E-state index < -0.39 is 23.5 Å². The highest BCUT2D eigenvalue weighted by molar-refractivity contribution is 6.44. The highest BCUT2D eigenvalue weighted by Crippen LogP contribution is 2.29. The van der Waals surface area contributed by atoms with Gasteiger partial charge in [0.2, 0.25) is 0 Å². The second-order valence-electron chi connectivity index (χ2n) is 5.59. The van der Waals surface area contributed by atoms with Gasteiger partial charge in [0.25, 0.3) is 11.5 Å². The van der Waals surface area contributed by atoms with Crippen molar-refractivity contribution in [3.63, 3.8) is 0 Å². The Kier molecular flexibility index (Phi) is 5.43. The first-order chi connectivity index (χ1) is 12.9. The lowest BCUT2D eigenvalue weighted by molar-refractivity contribution is -0.123. The molecule has 0 bridgehead atoms. The van der Waals surface area contributed by atoms with Gasteiger partial charge < -0.3 is 10.1 Å². The van der Waals surface area contributed by atoms with Crippen LogP contribution < -0.4 is 10.9 Å². The molecule has 0 fully saturated rings. The Hall–Kier alpha value is -2.90. The highest BCUT2D eigenvalue weighted by Gasteiger charge is 2.23. The number of hydrogen-bond acceptors (Lipinski definition) is 5. The molecule has 0 saturated heterocycles. The lowest BCUT2D eigenvalue weighted by Crippen LogP contribution is -2.30. The van der Waals surface area contributed by atoms with Gasteiger partial charge in [0.1, 0.15) is 0 Å². The number of carbonyl (C=O) groups is 2. The van der Waals surface area contributed by atoms with E-state index in [4.69, 9.17) is 27.9 Å². The number of H-pyrrole nitrogens is 1. The Morgan fingerprint density at radius 2 is 1.81 bits per heavy atom. The summed E-state index contributed by atoms with van der Waals surface area (Å²) in [6, 6.07) is 11.2. The number of esters is 1. The summed E-state index contributed by atoms with van der Waals surface area (Å²) >= 11 is 11.9. The Balaban J connectivity index is 1.78. The van der Waals surface area contributed by atoms with Gasteiger partial charge >= 0.3 is 5.97 Å². The van der Waals surface area contributed by atoms with E-state index in [9.17, 15) is 14.4 Å². The molecule has 0 radical (unpaired) electrons. The number of fused-ring (bicyclic) bond motifs is 1. The second kappa shape index (κ2) is 7.77. The maximum atomic E-state index is 12.4. The molecular formula is C18H13Cl2N3O4. The van der Waals surface area contributed by atoms with E-state index in [1.807, 2.05) is 0 Å². The quantitative estimate of drug-likeness (QED) is 0.647. The minimum absolute atomic E-state index is 0.0920. The van der Waals surface area contributed by atoms with E-state index in [-0.39, 0.29) is 15.7 Å². The molecular weight excluding hydrogens is 393 g/mol. The molecule has 0 aliphatic heterocycles. The Bertz CT molecular complexity index is 1100. The number of nitrogens with zero attached hydrogens (tertiary/aromatic N) is 1. The Labute approximate surface area is 163 Å². The van der Waals surface area contributed by atoms with Gasteiger partial charge in [0.05, 0.1) is 21.1 Å². The summed E-state index contributed by atoms with van der Waals surface area (Å²) in [5.41, 5.74) is -0.223. The number of aromatic amines is 1. The van der Waals surface area contributed by atoms with Crippen LogP contribution in [0.15, 0.2) is 47.3 Å². The number of benzene rings is 2. The van der Waals surface area contributed by atoms with Crippen LogP contribution in [0.2, 0.25) is 10.0 Å². The normalized spacial score (nSPS) is 11.8. The van der Waals surface area contributed by atoms with Crippen molar-refractivity contribution in [2.24, 2.45) is 0 Å². The van der Waals surface area contributed by atoms with Gasteiger partial charge in [-0.3, -0.25) is 9.59 Å². The zero-order valence-corrected chi connectivity index (χ0v) is 15.5. The summed E-state index contributed by atoms with van der Waals surface area (Å²) in [7, 11) is 0. The van der Waals surface area contributed by atoms with Crippen LogP contribution in [0.3, 0.4) is 0 Å². The molecule has 1 heterocycles. The largest absolute Gasteiger partial charge is 0.448 e. The number of amides is 1. The molecule has 138 valence electrons. The van der Waals surface area contributed by atoms with Crippen molar-refractivity contribution in [2.75, 3.05) is 5.32 Å². The van der Waals surface area contributed by atoms with E-state index in [0.717, 1.165) is 0 Å². The summed E-state index contributed by atoms with van der Waals surface area (Å²) < 4.78 is 5.18. The highest BCUT2D eigenvalue weighted by atomic mass is 35.5. The predicted molar refractivity (Wildman–Crippen MR) is 102 cm³/mol. The fourth-order valence-electron chi connectivity index (χ4n) is 2.37. The standard InChI is InChI=1S/C18H13Cl2N3O4/c1-9(16(24)21-13-8-4-7-12(19)14(13)20)27-18(26)15-10-5-2-3-6-11(10)17(25)23-22-15/h2-9H,1H3,(H,21,24)(H,23,25)/t9-/m1/s1. The number of carbonyl (C=O) groups excluding carboxylic acids is 2. The van der Waals surface area contributed by atoms with Gasteiger partial charge in [-0.15, -0.1) is 0 Å². The number of nitrogens with one attached hydrogen (secondary N) is 2. The van der Waals surface area contributed by atoms with Gasteiger partial charge in [-0.25, -0.2) is 9.89 Å². The lowest BCUT2D eigenvalue weighted by atomic mass is 10.1. The van der Waals surface area contributed by atoms with E-state index in [1.165, 1.54) is 6.92 Å². The van der Waals surface area contributed by atoms with E-state index in [0.29, 0.717) is 16.5 Å². The SMILES string of the molecule is C[C@@H](OC(=O)c1n[nH]c(=O)c2ccccc12)C(=O)Nc1cccc(Cl)c1Cl. The molecule has 9 heteroatoms. The minimum Gasteiger partial charge on any atom is -0.448 e. The molecule has 1 atom stereocenters. The zero-order chi connectivity index (χ0) is 19.6. The predicted octanol–water partition coefficient (Wildman–Crippen LogP) is 3.41. The van der Waals surface area contributed by atoms with Crippen LogP contribution in [0.25, 0.3) is 10.8 Å². The lowest BCUT2D eigenvalue weighted by Gasteiger charge is -2.14. The van der Waals surface area contributed by atoms with E-state index >= 15 is 0 Å². The third-order valence-corrected chi connectivity index (χ3v) is 4.57. The summed E-state index contributed by atoms with van der Waals surface area (Å²) in [5.74, 6) is -1.44. The van der Waals surface area contributed by atoms with Crippen molar-refractivity contribution in [3.8, 4) is 0 Å².